The highest BCUT2D eigenvalue weighted by Crippen LogP contribution is 2.49. The Hall–Kier alpha value is -1.35. The highest BCUT2D eigenvalue weighted by Gasteiger charge is 2.50. The Labute approximate surface area is 98.6 Å². The predicted octanol–water partition coefficient (Wildman–Crippen LogP) is 1.82. The number of carbonyl (C=O) groups is 2. The number of primary amides is 1. The van der Waals surface area contributed by atoms with Gasteiger partial charge < -0.3 is 5.73 Å². The molecular formula is C12H12ClNO2. The highest BCUT2D eigenvalue weighted by molar-refractivity contribution is 6.30. The number of hydrogen-bond acceptors (Lipinski definition) is 2. The van der Waals surface area contributed by atoms with E-state index in [0.717, 1.165) is 18.4 Å². The van der Waals surface area contributed by atoms with Crippen LogP contribution in [0.1, 0.15) is 24.8 Å². The zero-order valence-corrected chi connectivity index (χ0v) is 9.46. The Kier molecular flexibility index (Phi) is 2.72. The number of nitrogens with two attached hydrogens (primary N) is 1. The normalized spacial score (nSPS) is 16.8. The maximum absolute atomic E-state index is 11.9. The molecule has 84 valence electrons. The Balaban J connectivity index is 2.22. The summed E-state index contributed by atoms with van der Waals surface area (Å²) in [5.41, 5.74) is 5.50. The minimum absolute atomic E-state index is 0.0812. The average Bonchev–Trinajstić information content (AvgIpc) is 2.98. The Morgan fingerprint density at radius 2 is 1.81 bits per heavy atom. The highest BCUT2D eigenvalue weighted by atomic mass is 35.5. The van der Waals surface area contributed by atoms with E-state index in [4.69, 9.17) is 17.3 Å². The van der Waals surface area contributed by atoms with E-state index in [-0.39, 0.29) is 12.2 Å². The van der Waals surface area contributed by atoms with Crippen molar-refractivity contribution in [3.63, 3.8) is 0 Å². The minimum Gasteiger partial charge on any atom is -0.369 e. The Morgan fingerprint density at radius 1 is 1.25 bits per heavy atom. The molecule has 0 bridgehead atoms. The SMILES string of the molecule is NC(=O)CC(=O)C1(c2ccc(Cl)cc2)CC1. The van der Waals surface area contributed by atoms with Crippen molar-refractivity contribution >= 4 is 23.3 Å². The first kappa shape index (κ1) is 11.1. The standard InChI is InChI=1S/C12H12ClNO2/c13-9-3-1-8(2-4-9)12(5-6-12)10(15)7-11(14)16/h1-4H,5-7H2,(H2,14,16). The average molecular weight is 238 g/mol. The molecule has 1 aliphatic carbocycles. The number of ketones is 1. The summed E-state index contributed by atoms with van der Waals surface area (Å²) in [7, 11) is 0. The minimum atomic E-state index is -0.565. The molecule has 0 unspecified atom stereocenters. The van der Waals surface area contributed by atoms with Gasteiger partial charge in [0.2, 0.25) is 5.91 Å². The zero-order chi connectivity index (χ0) is 11.8. The van der Waals surface area contributed by atoms with Crippen LogP contribution in [0.4, 0.5) is 0 Å². The third kappa shape index (κ3) is 1.95. The van der Waals surface area contributed by atoms with Crippen molar-refractivity contribution < 1.29 is 9.59 Å². The molecule has 0 saturated heterocycles. The summed E-state index contributed by atoms with van der Waals surface area (Å²) >= 11 is 5.79. The van der Waals surface area contributed by atoms with Gasteiger partial charge >= 0.3 is 0 Å². The van der Waals surface area contributed by atoms with E-state index in [1.807, 2.05) is 12.1 Å². The van der Waals surface area contributed by atoms with Crippen LogP contribution in [0.15, 0.2) is 24.3 Å². The molecule has 1 saturated carbocycles. The topological polar surface area (TPSA) is 60.2 Å². The Bertz CT molecular complexity index is 435. The second-order valence-electron chi connectivity index (χ2n) is 4.16. The van der Waals surface area contributed by atoms with Crippen LogP contribution in [0.25, 0.3) is 0 Å². The molecule has 2 N–H and O–H groups in total. The van der Waals surface area contributed by atoms with Crippen LogP contribution in [0.3, 0.4) is 0 Å². The lowest BCUT2D eigenvalue weighted by Crippen LogP contribution is -2.26. The van der Waals surface area contributed by atoms with Crippen molar-refractivity contribution in [2.45, 2.75) is 24.7 Å². The number of Topliss-reactive ketones (excluding diaryl/α,β-unsaturated/α-hetero) is 1. The van der Waals surface area contributed by atoms with E-state index in [0.29, 0.717) is 5.02 Å². The van der Waals surface area contributed by atoms with Gasteiger partial charge in [0, 0.05) is 5.02 Å². The lowest BCUT2D eigenvalue weighted by atomic mass is 9.89. The van der Waals surface area contributed by atoms with E-state index in [1.54, 1.807) is 12.1 Å². The maximum atomic E-state index is 11.9. The molecule has 1 aromatic rings. The molecule has 0 aliphatic heterocycles. The lowest BCUT2D eigenvalue weighted by molar-refractivity contribution is -0.127. The van der Waals surface area contributed by atoms with E-state index >= 15 is 0 Å². The number of carbonyl (C=O) groups excluding carboxylic acids is 2. The summed E-state index contributed by atoms with van der Waals surface area (Å²) in [4.78, 5) is 22.6. The van der Waals surface area contributed by atoms with Crippen LogP contribution < -0.4 is 5.73 Å². The van der Waals surface area contributed by atoms with Gasteiger partial charge in [-0.05, 0) is 30.5 Å². The number of benzene rings is 1. The van der Waals surface area contributed by atoms with Gasteiger partial charge in [0.25, 0.3) is 0 Å². The van der Waals surface area contributed by atoms with Crippen LogP contribution in [0.5, 0.6) is 0 Å². The molecule has 0 spiro atoms. The number of amides is 1. The zero-order valence-electron chi connectivity index (χ0n) is 8.70. The molecule has 4 heteroatoms. The third-order valence-electron chi connectivity index (χ3n) is 3.02. The van der Waals surface area contributed by atoms with Gasteiger partial charge in [-0.3, -0.25) is 9.59 Å². The van der Waals surface area contributed by atoms with E-state index in [9.17, 15) is 9.59 Å². The monoisotopic (exact) mass is 237 g/mol. The van der Waals surface area contributed by atoms with Gasteiger partial charge in [-0.25, -0.2) is 0 Å². The Morgan fingerprint density at radius 3 is 2.25 bits per heavy atom. The lowest BCUT2D eigenvalue weighted by Gasteiger charge is -2.13. The molecule has 1 aromatic carbocycles. The first-order valence-corrected chi connectivity index (χ1v) is 5.50. The molecule has 2 rings (SSSR count). The van der Waals surface area contributed by atoms with Gasteiger partial charge in [-0.2, -0.15) is 0 Å². The summed E-state index contributed by atoms with van der Waals surface area (Å²) < 4.78 is 0. The van der Waals surface area contributed by atoms with Crippen molar-refractivity contribution in [2.75, 3.05) is 0 Å². The number of rotatable bonds is 4. The first-order valence-electron chi connectivity index (χ1n) is 5.12. The fraction of sp³-hybridized carbons (Fsp3) is 0.333. The quantitative estimate of drug-likeness (QED) is 0.812. The molecule has 0 aromatic heterocycles. The summed E-state index contributed by atoms with van der Waals surface area (Å²) in [5, 5.41) is 0.641. The van der Waals surface area contributed by atoms with Crippen molar-refractivity contribution in [2.24, 2.45) is 5.73 Å². The van der Waals surface area contributed by atoms with Crippen LogP contribution in [0, 0.1) is 0 Å². The molecule has 3 nitrogen and oxygen atoms in total. The summed E-state index contributed by atoms with van der Waals surface area (Å²) in [6.07, 6.45) is 1.41. The molecule has 1 amide bonds. The van der Waals surface area contributed by atoms with Gasteiger partial charge in [0.05, 0.1) is 11.8 Å². The maximum Gasteiger partial charge on any atom is 0.224 e. The van der Waals surface area contributed by atoms with E-state index in [2.05, 4.69) is 0 Å². The van der Waals surface area contributed by atoms with Crippen LogP contribution in [-0.4, -0.2) is 11.7 Å². The van der Waals surface area contributed by atoms with Crippen molar-refractivity contribution in [3.05, 3.63) is 34.9 Å². The second-order valence-corrected chi connectivity index (χ2v) is 4.59. The fourth-order valence-corrected chi connectivity index (χ4v) is 2.08. The molecular weight excluding hydrogens is 226 g/mol. The molecule has 0 radical (unpaired) electrons. The van der Waals surface area contributed by atoms with Gasteiger partial charge in [0.15, 0.2) is 5.78 Å². The van der Waals surface area contributed by atoms with Crippen LogP contribution >= 0.6 is 11.6 Å². The fourth-order valence-electron chi connectivity index (χ4n) is 1.95. The predicted molar refractivity (Wildman–Crippen MR) is 61.2 cm³/mol. The van der Waals surface area contributed by atoms with Crippen molar-refractivity contribution in [3.8, 4) is 0 Å². The molecule has 1 aliphatic rings. The summed E-state index contributed by atoms with van der Waals surface area (Å²) in [5.74, 6) is -0.646. The molecule has 1 fully saturated rings. The van der Waals surface area contributed by atoms with E-state index < -0.39 is 11.3 Å². The molecule has 16 heavy (non-hydrogen) atoms. The van der Waals surface area contributed by atoms with Crippen molar-refractivity contribution in [1.82, 2.24) is 0 Å². The number of halogens is 1. The third-order valence-corrected chi connectivity index (χ3v) is 3.27. The smallest absolute Gasteiger partial charge is 0.224 e. The summed E-state index contributed by atoms with van der Waals surface area (Å²) in [6.45, 7) is 0. The van der Waals surface area contributed by atoms with Crippen molar-refractivity contribution in [1.29, 1.82) is 0 Å². The molecule has 0 heterocycles. The second kappa shape index (κ2) is 3.91. The van der Waals surface area contributed by atoms with Crippen LogP contribution in [0.2, 0.25) is 5.02 Å². The van der Waals surface area contributed by atoms with Gasteiger partial charge in [0.1, 0.15) is 0 Å². The number of hydrogen-bond donors (Lipinski definition) is 1. The van der Waals surface area contributed by atoms with Gasteiger partial charge in [-0.15, -0.1) is 0 Å². The summed E-state index contributed by atoms with van der Waals surface area (Å²) in [6, 6.07) is 7.20. The van der Waals surface area contributed by atoms with Gasteiger partial charge in [-0.1, -0.05) is 23.7 Å². The first-order chi connectivity index (χ1) is 7.54. The largest absolute Gasteiger partial charge is 0.369 e. The van der Waals surface area contributed by atoms with E-state index in [1.165, 1.54) is 0 Å². The van der Waals surface area contributed by atoms with Crippen LogP contribution in [-0.2, 0) is 15.0 Å². The molecule has 0 atom stereocenters.